The fourth-order valence-electron chi connectivity index (χ4n) is 5.21. The number of aryl methyl sites for hydroxylation is 1. The Morgan fingerprint density at radius 2 is 1.09 bits per heavy atom. The van der Waals surface area contributed by atoms with Gasteiger partial charge in [-0.1, -0.05) is 147 Å². The average molecular weight is 597 g/mol. The van der Waals surface area contributed by atoms with Gasteiger partial charge in [-0.2, -0.15) is 0 Å². The first-order valence-corrected chi connectivity index (χ1v) is 17.9. The van der Waals surface area contributed by atoms with Gasteiger partial charge in [-0.15, -0.1) is 0 Å². The highest BCUT2D eigenvalue weighted by Gasteiger charge is 2.07. The monoisotopic (exact) mass is 596 g/mol. The molecular weight excluding hydrogens is 532 g/mol. The largest absolute Gasteiger partial charge is 0.461 e. The van der Waals surface area contributed by atoms with Gasteiger partial charge in [0.15, 0.2) is 0 Å². The van der Waals surface area contributed by atoms with Crippen LogP contribution in [0.3, 0.4) is 0 Å². The second kappa shape index (κ2) is 29.7. The number of hydrogen-bond acceptors (Lipinski definition) is 4. The number of rotatable bonds is 29. The Labute approximate surface area is 265 Å². The first-order valence-electron chi connectivity index (χ1n) is 17.9. The standard InChI is InChI=1S/C39H64O4/c1-3-5-7-9-18-22-26-33-42-38(40)32-25-21-17-15-13-11-12-14-16-20-24-29-36-30-28-31-37(35-36)39(41)43-34-27-23-19-10-8-6-4-2/h22-23,26-28,30-31,35H,3-21,24-25,29,32-34H2,1-2H3/b26-22-,27-23-. The van der Waals surface area contributed by atoms with Crippen LogP contribution in [0.1, 0.15) is 171 Å². The minimum atomic E-state index is -0.230. The van der Waals surface area contributed by atoms with Gasteiger partial charge in [0, 0.05) is 6.42 Å². The molecule has 0 saturated carbocycles. The number of allylic oxidation sites excluding steroid dienone is 2. The SMILES string of the molecule is CCCCCC/C=C\COC(=O)CCCCCCCCCCCCCc1cccc(C(=O)OC/C=C\CCCCCC)c1. The molecule has 1 aromatic rings. The highest BCUT2D eigenvalue weighted by molar-refractivity contribution is 5.89. The lowest BCUT2D eigenvalue weighted by atomic mass is 10.0. The van der Waals surface area contributed by atoms with Gasteiger partial charge in [0.25, 0.3) is 0 Å². The van der Waals surface area contributed by atoms with Gasteiger partial charge in [-0.3, -0.25) is 4.79 Å². The van der Waals surface area contributed by atoms with E-state index < -0.39 is 0 Å². The maximum atomic E-state index is 12.4. The second-order valence-electron chi connectivity index (χ2n) is 12.0. The maximum Gasteiger partial charge on any atom is 0.338 e. The molecule has 4 nitrogen and oxygen atoms in total. The molecular formula is C39H64O4. The molecule has 0 aliphatic heterocycles. The van der Waals surface area contributed by atoms with Gasteiger partial charge in [0.1, 0.15) is 13.2 Å². The first kappa shape index (κ1) is 38.7. The number of unbranched alkanes of at least 4 members (excludes halogenated alkanes) is 18. The van der Waals surface area contributed by atoms with Crippen LogP contribution in [0.4, 0.5) is 0 Å². The molecule has 0 aliphatic rings. The van der Waals surface area contributed by atoms with Crippen molar-refractivity contribution in [2.24, 2.45) is 0 Å². The normalized spacial score (nSPS) is 11.5. The van der Waals surface area contributed by atoms with Crippen molar-refractivity contribution >= 4 is 11.9 Å². The fraction of sp³-hybridized carbons (Fsp3) is 0.692. The third-order valence-electron chi connectivity index (χ3n) is 7.94. The second-order valence-corrected chi connectivity index (χ2v) is 12.0. The summed E-state index contributed by atoms with van der Waals surface area (Å²) in [4.78, 5) is 24.2. The molecule has 1 aromatic carbocycles. The molecule has 0 saturated heterocycles. The van der Waals surface area contributed by atoms with E-state index in [4.69, 9.17) is 9.47 Å². The Bertz CT molecular complexity index is 857. The van der Waals surface area contributed by atoms with Crippen molar-refractivity contribution in [3.8, 4) is 0 Å². The Balaban J connectivity index is 1.94. The van der Waals surface area contributed by atoms with Crippen LogP contribution in [0.25, 0.3) is 0 Å². The summed E-state index contributed by atoms with van der Waals surface area (Å²) < 4.78 is 10.7. The van der Waals surface area contributed by atoms with Crippen LogP contribution >= 0.6 is 0 Å². The van der Waals surface area contributed by atoms with Crippen molar-refractivity contribution in [2.75, 3.05) is 13.2 Å². The van der Waals surface area contributed by atoms with Crippen molar-refractivity contribution in [3.05, 3.63) is 59.7 Å². The lowest BCUT2D eigenvalue weighted by Crippen LogP contribution is -2.05. The third-order valence-corrected chi connectivity index (χ3v) is 7.94. The molecule has 0 fully saturated rings. The lowest BCUT2D eigenvalue weighted by molar-refractivity contribution is -0.142. The van der Waals surface area contributed by atoms with E-state index in [0.29, 0.717) is 25.2 Å². The van der Waals surface area contributed by atoms with Gasteiger partial charge in [0.05, 0.1) is 5.56 Å². The molecule has 0 amide bonds. The van der Waals surface area contributed by atoms with E-state index in [1.54, 1.807) is 0 Å². The number of carbonyl (C=O) groups is 2. The van der Waals surface area contributed by atoms with E-state index in [9.17, 15) is 9.59 Å². The van der Waals surface area contributed by atoms with Crippen molar-refractivity contribution < 1.29 is 19.1 Å². The minimum absolute atomic E-state index is 0.0578. The number of carbonyl (C=O) groups excluding carboxylic acids is 2. The quantitative estimate of drug-likeness (QED) is 0.0524. The van der Waals surface area contributed by atoms with Crippen LogP contribution in [0.15, 0.2) is 48.6 Å². The van der Waals surface area contributed by atoms with E-state index in [2.05, 4.69) is 32.1 Å². The van der Waals surface area contributed by atoms with Crippen molar-refractivity contribution in [2.45, 2.75) is 162 Å². The van der Waals surface area contributed by atoms with E-state index in [-0.39, 0.29) is 11.9 Å². The molecule has 1 rings (SSSR count). The number of esters is 2. The maximum absolute atomic E-state index is 12.4. The van der Waals surface area contributed by atoms with Crippen LogP contribution in [-0.4, -0.2) is 25.2 Å². The lowest BCUT2D eigenvalue weighted by Gasteiger charge is -2.06. The Kier molecular flexibility index (Phi) is 26.7. The van der Waals surface area contributed by atoms with Gasteiger partial charge in [-0.05, 0) is 62.6 Å². The summed E-state index contributed by atoms with van der Waals surface area (Å²) in [7, 11) is 0. The predicted molar refractivity (Wildman–Crippen MR) is 183 cm³/mol. The topological polar surface area (TPSA) is 52.6 Å². The Morgan fingerprint density at radius 1 is 0.581 bits per heavy atom. The third kappa shape index (κ3) is 24.7. The Hall–Kier alpha value is -2.36. The first-order chi connectivity index (χ1) is 21.2. The van der Waals surface area contributed by atoms with Gasteiger partial charge in [-0.25, -0.2) is 4.79 Å². The molecule has 43 heavy (non-hydrogen) atoms. The highest BCUT2D eigenvalue weighted by Crippen LogP contribution is 2.15. The molecule has 0 N–H and O–H groups in total. The van der Waals surface area contributed by atoms with E-state index in [0.717, 1.165) is 38.5 Å². The molecule has 244 valence electrons. The molecule has 4 heteroatoms. The van der Waals surface area contributed by atoms with Crippen molar-refractivity contribution in [1.29, 1.82) is 0 Å². The van der Waals surface area contributed by atoms with Crippen molar-refractivity contribution in [1.82, 2.24) is 0 Å². The zero-order valence-electron chi connectivity index (χ0n) is 27.9. The fourth-order valence-corrected chi connectivity index (χ4v) is 5.21. The molecule has 0 radical (unpaired) electrons. The Morgan fingerprint density at radius 3 is 1.67 bits per heavy atom. The molecule has 0 spiro atoms. The molecule has 0 unspecified atom stereocenters. The summed E-state index contributed by atoms with van der Waals surface area (Å²) >= 11 is 0. The number of hydrogen-bond donors (Lipinski definition) is 0. The molecule has 0 bridgehead atoms. The summed E-state index contributed by atoms with van der Waals surface area (Å²) in [5.41, 5.74) is 1.88. The zero-order valence-corrected chi connectivity index (χ0v) is 27.9. The van der Waals surface area contributed by atoms with Crippen LogP contribution < -0.4 is 0 Å². The smallest absolute Gasteiger partial charge is 0.338 e. The molecule has 0 atom stereocenters. The summed E-state index contributed by atoms with van der Waals surface area (Å²) in [6.45, 7) is 5.22. The van der Waals surface area contributed by atoms with Crippen LogP contribution in [0, 0.1) is 0 Å². The van der Waals surface area contributed by atoms with E-state index in [1.165, 1.54) is 108 Å². The average Bonchev–Trinajstić information content (AvgIpc) is 3.02. The minimum Gasteiger partial charge on any atom is -0.461 e. The van der Waals surface area contributed by atoms with Crippen molar-refractivity contribution in [3.63, 3.8) is 0 Å². The van der Waals surface area contributed by atoms with Gasteiger partial charge in [0.2, 0.25) is 0 Å². The van der Waals surface area contributed by atoms with E-state index >= 15 is 0 Å². The van der Waals surface area contributed by atoms with Crippen LogP contribution in [0.2, 0.25) is 0 Å². The summed E-state index contributed by atoms with van der Waals surface area (Å²) in [5, 5.41) is 0. The number of ether oxygens (including phenoxy) is 2. The summed E-state index contributed by atoms with van der Waals surface area (Å²) in [5.74, 6) is -0.288. The zero-order chi connectivity index (χ0) is 31.1. The molecule has 0 aliphatic carbocycles. The summed E-state index contributed by atoms with van der Waals surface area (Å²) in [6, 6.07) is 7.93. The highest BCUT2D eigenvalue weighted by atomic mass is 16.5. The molecule has 0 aromatic heterocycles. The van der Waals surface area contributed by atoms with Crippen LogP contribution in [-0.2, 0) is 20.7 Å². The van der Waals surface area contributed by atoms with Gasteiger partial charge < -0.3 is 9.47 Å². The summed E-state index contributed by atoms with van der Waals surface area (Å²) in [6.07, 6.45) is 35.5. The van der Waals surface area contributed by atoms with Crippen LogP contribution in [0.5, 0.6) is 0 Å². The molecule has 0 heterocycles. The van der Waals surface area contributed by atoms with Gasteiger partial charge >= 0.3 is 11.9 Å². The number of benzene rings is 1. The van der Waals surface area contributed by atoms with E-state index in [1.807, 2.05) is 30.4 Å². The predicted octanol–water partition coefficient (Wildman–Crippen LogP) is 11.7.